The van der Waals surface area contributed by atoms with Crippen LogP contribution in [0, 0.1) is 29.1 Å². The van der Waals surface area contributed by atoms with E-state index in [1.165, 1.54) is 0 Å². The highest BCUT2D eigenvalue weighted by molar-refractivity contribution is 6.16. The molecule has 8 rings (SSSR count). The molecule has 0 radical (unpaired) electrons. The quantitative estimate of drug-likeness (QED) is 0.288. The lowest BCUT2D eigenvalue weighted by molar-refractivity contribution is -0.281. The van der Waals surface area contributed by atoms with Crippen molar-refractivity contribution in [3.8, 4) is 0 Å². The van der Waals surface area contributed by atoms with Crippen LogP contribution in [-0.4, -0.2) is 111 Å². The summed E-state index contributed by atoms with van der Waals surface area (Å²) in [5.74, 6) is -5.52. The number of ketones is 2. The Kier molecular flexibility index (Phi) is 5.17. The monoisotopic (exact) mass is 562 g/mol. The van der Waals surface area contributed by atoms with Gasteiger partial charge < -0.3 is 44.1 Å². The van der Waals surface area contributed by atoms with Gasteiger partial charge in [0, 0.05) is 29.4 Å². The molecule has 40 heavy (non-hydrogen) atoms. The molecule has 6 fully saturated rings. The second kappa shape index (κ2) is 7.99. The number of esters is 1. The first-order valence-electron chi connectivity index (χ1n) is 14.3. The lowest BCUT2D eigenvalue weighted by atomic mass is 9.45. The second-order valence-corrected chi connectivity index (χ2v) is 13.0. The molecule has 0 amide bonds. The van der Waals surface area contributed by atoms with Crippen molar-refractivity contribution in [2.45, 2.75) is 113 Å². The van der Waals surface area contributed by atoms with Gasteiger partial charge in [0.1, 0.15) is 17.8 Å². The largest absolute Gasteiger partial charge is 0.454 e. The fourth-order valence-corrected chi connectivity index (χ4v) is 9.70. The summed E-state index contributed by atoms with van der Waals surface area (Å²) in [6.45, 7) is 5.08. The van der Waals surface area contributed by atoms with Gasteiger partial charge in [0.05, 0.1) is 66.4 Å². The minimum Gasteiger partial charge on any atom is -0.454 e. The van der Waals surface area contributed by atoms with Crippen molar-refractivity contribution in [1.82, 2.24) is 0 Å². The molecule has 1 spiro atoms. The van der Waals surface area contributed by atoms with Gasteiger partial charge in [0.2, 0.25) is 0 Å². The number of carbonyl (C=O) groups is 3. The van der Waals surface area contributed by atoms with Crippen LogP contribution in [0.3, 0.4) is 0 Å². The highest BCUT2D eigenvalue weighted by Gasteiger charge is 2.98. The fraction of sp³-hybridized carbons (Fsp3) is 0.821. The number of rotatable bonds is 2. The number of ether oxygens (including phenoxy) is 5. The molecule has 12 nitrogen and oxygen atoms in total. The molecule has 0 bridgehead atoms. The Bertz CT molecular complexity index is 1250. The van der Waals surface area contributed by atoms with Crippen molar-refractivity contribution in [2.75, 3.05) is 0 Å². The molecule has 218 valence electrons. The molecule has 4 N–H and O–H groups in total. The van der Waals surface area contributed by atoms with E-state index in [1.54, 1.807) is 20.8 Å². The second-order valence-electron chi connectivity index (χ2n) is 13.0. The standard InChI is InChI=1S/C28H34O12/c1-7-10(29)4-5-13(37-7)40-26-27-19-18(25(27)38-9(3)28(26,27)35)22(33)15-16(23(19)34)20(31)14-8(2)36-11-6-12(30)39-24(11)17(14)21(15)32/h7-11,13,15-16,18-19,22-26,29,33-35H,4-6H2,1-3H3/t7-,8-,9?,10-,11-,13-,15-,16?,18-,19?,22?,23?,24+,25?,26?,27?,28?/m0/s1. The van der Waals surface area contributed by atoms with Gasteiger partial charge in [-0.25, -0.2) is 0 Å². The van der Waals surface area contributed by atoms with E-state index in [1.807, 2.05) is 0 Å². The Morgan fingerprint density at radius 3 is 2.33 bits per heavy atom. The van der Waals surface area contributed by atoms with Crippen LogP contribution < -0.4 is 0 Å². The van der Waals surface area contributed by atoms with Crippen molar-refractivity contribution in [2.24, 2.45) is 29.1 Å². The molecule has 4 aliphatic carbocycles. The van der Waals surface area contributed by atoms with Crippen molar-refractivity contribution < 1.29 is 58.5 Å². The van der Waals surface area contributed by atoms with E-state index < -0.39 is 120 Å². The van der Waals surface area contributed by atoms with E-state index >= 15 is 0 Å². The molecule has 4 heterocycles. The van der Waals surface area contributed by atoms with Crippen LogP contribution in [0.4, 0.5) is 0 Å². The first-order valence-corrected chi connectivity index (χ1v) is 14.3. The zero-order chi connectivity index (χ0) is 28.2. The number of fused-ring (bicyclic) bond motifs is 5. The van der Waals surface area contributed by atoms with Gasteiger partial charge in [0.15, 0.2) is 24.0 Å². The molecule has 0 aromatic heterocycles. The maximum Gasteiger partial charge on any atom is 0.309 e. The maximum atomic E-state index is 14.0. The molecular formula is C28H34O12. The molecule has 3 saturated carbocycles. The molecule has 0 aromatic rings. The first kappa shape index (κ1) is 25.9. The maximum absolute atomic E-state index is 14.0. The van der Waals surface area contributed by atoms with Gasteiger partial charge in [-0.3, -0.25) is 14.4 Å². The number of aliphatic hydroxyl groups excluding tert-OH is 3. The smallest absolute Gasteiger partial charge is 0.309 e. The van der Waals surface area contributed by atoms with E-state index in [4.69, 9.17) is 23.7 Å². The van der Waals surface area contributed by atoms with Crippen LogP contribution >= 0.6 is 0 Å². The Balaban J connectivity index is 1.15. The molecule has 8 aliphatic rings. The number of hydrogen-bond acceptors (Lipinski definition) is 12. The molecule has 3 saturated heterocycles. The molecule has 17 atom stereocenters. The average molecular weight is 563 g/mol. The van der Waals surface area contributed by atoms with Crippen molar-refractivity contribution in [3.63, 3.8) is 0 Å². The van der Waals surface area contributed by atoms with Gasteiger partial charge in [0.25, 0.3) is 0 Å². The summed E-state index contributed by atoms with van der Waals surface area (Å²) in [5, 5.41) is 45.4. The highest BCUT2D eigenvalue weighted by atomic mass is 16.7. The summed E-state index contributed by atoms with van der Waals surface area (Å²) in [7, 11) is 0. The number of Topliss-reactive ketones (excluding diaryl/α,β-unsaturated/α-hetero) is 2. The van der Waals surface area contributed by atoms with Gasteiger partial charge in [-0.1, -0.05) is 0 Å². The first-order chi connectivity index (χ1) is 18.9. The third-order valence-electron chi connectivity index (χ3n) is 11.4. The topological polar surface area (TPSA) is 178 Å². The lowest BCUT2D eigenvalue weighted by Gasteiger charge is -2.61. The number of aliphatic hydroxyl groups is 4. The molecule has 12 heteroatoms. The summed E-state index contributed by atoms with van der Waals surface area (Å²) in [6.07, 6.45) is -8.23. The Morgan fingerprint density at radius 1 is 0.900 bits per heavy atom. The minimum atomic E-state index is -1.48. The van der Waals surface area contributed by atoms with E-state index in [-0.39, 0.29) is 17.6 Å². The van der Waals surface area contributed by atoms with Gasteiger partial charge in [-0.15, -0.1) is 0 Å². The lowest BCUT2D eigenvalue weighted by Crippen LogP contribution is -2.73. The molecule has 0 aromatic carbocycles. The van der Waals surface area contributed by atoms with Gasteiger partial charge in [-0.2, -0.15) is 0 Å². The summed E-state index contributed by atoms with van der Waals surface area (Å²) < 4.78 is 29.5. The van der Waals surface area contributed by atoms with Crippen molar-refractivity contribution >= 4 is 17.5 Å². The predicted octanol–water partition coefficient (Wildman–Crippen LogP) is -1.46. The Labute approximate surface area is 229 Å². The Morgan fingerprint density at radius 2 is 1.60 bits per heavy atom. The third-order valence-corrected chi connectivity index (χ3v) is 11.4. The van der Waals surface area contributed by atoms with E-state index in [0.717, 1.165) is 0 Å². The number of carbonyl (C=O) groups excluding carboxylic acids is 3. The van der Waals surface area contributed by atoms with Gasteiger partial charge >= 0.3 is 5.97 Å². The van der Waals surface area contributed by atoms with Crippen LogP contribution in [0.5, 0.6) is 0 Å². The minimum absolute atomic E-state index is 0.0318. The van der Waals surface area contributed by atoms with Crippen molar-refractivity contribution in [3.05, 3.63) is 11.1 Å². The SMILES string of the molecule is CC1OC2[C@@H]3C(O)[C@@H]4C(=O)C5=C(C(=O)C4C(O)C3C23C(O[C@H]2CC[C@H](O)[C@H](C)O2)C13O)[C@H](C)O[C@H]1CC(=O)O[C@@H]51. The summed E-state index contributed by atoms with van der Waals surface area (Å²) >= 11 is 0. The predicted molar refractivity (Wildman–Crippen MR) is 128 cm³/mol. The number of hydrogen-bond donors (Lipinski definition) is 4. The zero-order valence-electron chi connectivity index (χ0n) is 22.3. The molecular weight excluding hydrogens is 528 g/mol. The van der Waals surface area contributed by atoms with Crippen molar-refractivity contribution in [1.29, 1.82) is 0 Å². The summed E-state index contributed by atoms with van der Waals surface area (Å²) in [6, 6.07) is 0. The van der Waals surface area contributed by atoms with Crippen LogP contribution in [0.1, 0.15) is 40.0 Å². The highest BCUT2D eigenvalue weighted by Crippen LogP contribution is 2.83. The molecule has 4 aliphatic heterocycles. The fourth-order valence-electron chi connectivity index (χ4n) is 9.70. The van der Waals surface area contributed by atoms with E-state index in [0.29, 0.717) is 12.8 Å². The Hall–Kier alpha value is -1.77. The van der Waals surface area contributed by atoms with E-state index in [9.17, 15) is 34.8 Å². The third kappa shape index (κ3) is 2.73. The normalized spacial score (nSPS) is 59.6. The summed E-state index contributed by atoms with van der Waals surface area (Å²) in [5.41, 5.74) is -2.41. The zero-order valence-corrected chi connectivity index (χ0v) is 22.3. The average Bonchev–Trinajstić information content (AvgIpc) is 3.14. The van der Waals surface area contributed by atoms with Gasteiger partial charge in [-0.05, 0) is 27.2 Å². The molecule has 9 unspecified atom stereocenters. The summed E-state index contributed by atoms with van der Waals surface area (Å²) in [4.78, 5) is 40.0. The van der Waals surface area contributed by atoms with E-state index in [2.05, 4.69) is 0 Å². The van der Waals surface area contributed by atoms with Crippen LogP contribution in [0.2, 0.25) is 0 Å². The van der Waals surface area contributed by atoms with Crippen LogP contribution in [0.25, 0.3) is 0 Å². The van der Waals surface area contributed by atoms with Crippen LogP contribution in [0.15, 0.2) is 11.1 Å². The van der Waals surface area contributed by atoms with Crippen LogP contribution in [-0.2, 0) is 38.1 Å².